The number of thiazole rings is 1. The molecule has 1 atom stereocenters. The van der Waals surface area contributed by atoms with Crippen LogP contribution in [0.3, 0.4) is 0 Å². The third-order valence-electron chi connectivity index (χ3n) is 4.93. The number of nitrogens with one attached hydrogen (secondary N) is 2. The van der Waals surface area contributed by atoms with Crippen LogP contribution in [0.2, 0.25) is 0 Å². The number of benzene rings is 1. The topological polar surface area (TPSA) is 89.5 Å². The van der Waals surface area contributed by atoms with Gasteiger partial charge in [-0.15, -0.1) is 11.3 Å². The number of hydrogen-bond donors (Lipinski definition) is 2. The molecule has 156 valence electrons. The van der Waals surface area contributed by atoms with E-state index in [0.29, 0.717) is 22.2 Å². The van der Waals surface area contributed by atoms with Crippen molar-refractivity contribution in [3.63, 3.8) is 0 Å². The highest BCUT2D eigenvalue weighted by Gasteiger charge is 2.26. The quantitative estimate of drug-likeness (QED) is 0.720. The molecule has 0 saturated carbocycles. The molecule has 7 nitrogen and oxygen atoms in total. The average Bonchev–Trinajstić information content (AvgIpc) is 3.13. The molecule has 29 heavy (non-hydrogen) atoms. The van der Waals surface area contributed by atoms with Gasteiger partial charge in [0.25, 0.3) is 5.91 Å². The van der Waals surface area contributed by atoms with E-state index in [9.17, 15) is 9.59 Å². The first-order valence-corrected chi connectivity index (χ1v) is 10.6. The lowest BCUT2D eigenvalue weighted by molar-refractivity contribution is -0.118. The maximum Gasteiger partial charge on any atom is 0.252 e. The van der Waals surface area contributed by atoms with Crippen LogP contribution in [0, 0.1) is 5.92 Å². The van der Waals surface area contributed by atoms with E-state index < -0.39 is 6.04 Å². The molecule has 1 aliphatic rings. The molecule has 0 spiro atoms. The summed E-state index contributed by atoms with van der Waals surface area (Å²) in [4.78, 5) is 31.5. The van der Waals surface area contributed by atoms with Crippen molar-refractivity contribution in [2.24, 2.45) is 5.92 Å². The van der Waals surface area contributed by atoms with E-state index in [2.05, 4.69) is 15.6 Å². The number of methoxy groups -OCH3 is 2. The third-order valence-corrected chi connectivity index (χ3v) is 6.00. The Morgan fingerprint density at radius 3 is 2.31 bits per heavy atom. The minimum absolute atomic E-state index is 0.0963. The number of nitrogens with zero attached hydrogens (tertiary/aromatic N) is 1. The van der Waals surface area contributed by atoms with E-state index in [4.69, 9.17) is 9.47 Å². The molecule has 8 heteroatoms. The fourth-order valence-electron chi connectivity index (χ4n) is 3.29. The van der Waals surface area contributed by atoms with Gasteiger partial charge in [0.1, 0.15) is 17.5 Å². The van der Waals surface area contributed by atoms with Gasteiger partial charge in [-0.1, -0.05) is 13.8 Å². The van der Waals surface area contributed by atoms with Crippen LogP contribution in [-0.2, 0) is 17.6 Å². The molecule has 0 fully saturated rings. The van der Waals surface area contributed by atoms with E-state index >= 15 is 0 Å². The zero-order chi connectivity index (χ0) is 21.0. The summed E-state index contributed by atoms with van der Waals surface area (Å²) in [5.41, 5.74) is 1.45. The summed E-state index contributed by atoms with van der Waals surface area (Å²) >= 11 is 1.53. The highest BCUT2D eigenvalue weighted by Crippen LogP contribution is 2.29. The normalized spacial score (nSPS) is 14.1. The molecule has 1 aromatic heterocycles. The van der Waals surface area contributed by atoms with Crippen LogP contribution in [0.1, 0.15) is 47.6 Å². The van der Waals surface area contributed by atoms with Crippen molar-refractivity contribution >= 4 is 28.3 Å². The Kier molecular flexibility index (Phi) is 6.74. The van der Waals surface area contributed by atoms with Gasteiger partial charge < -0.3 is 20.1 Å². The van der Waals surface area contributed by atoms with Crippen LogP contribution in [0.25, 0.3) is 0 Å². The molecule has 0 aliphatic heterocycles. The third kappa shape index (κ3) is 5.06. The van der Waals surface area contributed by atoms with Gasteiger partial charge in [-0.25, -0.2) is 4.98 Å². The molecule has 2 amide bonds. The van der Waals surface area contributed by atoms with E-state index in [1.165, 1.54) is 30.4 Å². The van der Waals surface area contributed by atoms with E-state index in [-0.39, 0.29) is 17.7 Å². The molecule has 0 radical (unpaired) electrons. The maximum atomic E-state index is 12.9. The van der Waals surface area contributed by atoms with Gasteiger partial charge in [-0.3, -0.25) is 9.59 Å². The summed E-state index contributed by atoms with van der Waals surface area (Å²) in [5, 5.41) is 6.32. The summed E-state index contributed by atoms with van der Waals surface area (Å²) in [6.07, 6.45) is 4.28. The van der Waals surface area contributed by atoms with E-state index in [1.54, 1.807) is 18.2 Å². The number of ether oxygens (including phenoxy) is 2. The number of hydrogen-bond acceptors (Lipinski definition) is 6. The molecule has 1 heterocycles. The van der Waals surface area contributed by atoms with Crippen molar-refractivity contribution in [2.75, 3.05) is 19.5 Å². The molecule has 0 bridgehead atoms. The van der Waals surface area contributed by atoms with Gasteiger partial charge in [-0.05, 0) is 43.7 Å². The van der Waals surface area contributed by atoms with Crippen LogP contribution in [-0.4, -0.2) is 37.1 Å². The zero-order valence-corrected chi connectivity index (χ0v) is 18.0. The summed E-state index contributed by atoms with van der Waals surface area (Å²) in [6.45, 7) is 3.78. The number of rotatable bonds is 7. The number of anilines is 1. The highest BCUT2D eigenvalue weighted by molar-refractivity contribution is 7.15. The minimum atomic E-state index is -0.694. The van der Waals surface area contributed by atoms with Gasteiger partial charge in [0.2, 0.25) is 5.91 Å². The Morgan fingerprint density at radius 2 is 1.72 bits per heavy atom. The Bertz CT molecular complexity index is 848. The predicted molar refractivity (Wildman–Crippen MR) is 113 cm³/mol. The molecule has 0 unspecified atom stereocenters. The lowest BCUT2D eigenvalue weighted by Gasteiger charge is -2.21. The van der Waals surface area contributed by atoms with E-state index in [1.807, 2.05) is 13.8 Å². The van der Waals surface area contributed by atoms with Crippen LogP contribution in [0.15, 0.2) is 18.2 Å². The molecule has 1 aliphatic carbocycles. The highest BCUT2D eigenvalue weighted by atomic mass is 32.1. The Hall–Kier alpha value is -2.61. The number of aromatic nitrogens is 1. The standard InChI is InChI=1S/C21H27N3O4S/c1-12(2)18(20(26)24-21-22-16-7-5-6-8-17(16)29-21)23-19(25)13-9-14(27-3)11-15(10-13)28-4/h9-12,18H,5-8H2,1-4H3,(H,23,25)(H,22,24,26)/t18-/m1/s1. The van der Waals surface area contributed by atoms with Crippen molar-refractivity contribution in [3.05, 3.63) is 34.3 Å². The summed E-state index contributed by atoms with van der Waals surface area (Å²) in [6, 6.07) is 4.22. The summed E-state index contributed by atoms with van der Waals surface area (Å²) in [7, 11) is 3.04. The lowest BCUT2D eigenvalue weighted by atomic mass is 10.0. The molecular weight excluding hydrogens is 390 g/mol. The molecular formula is C21H27N3O4S. The molecule has 0 saturated heterocycles. The monoisotopic (exact) mass is 417 g/mol. The first kappa shape index (κ1) is 21.1. The number of carbonyl (C=O) groups excluding carboxylic acids is 2. The fourth-order valence-corrected chi connectivity index (χ4v) is 4.34. The van der Waals surface area contributed by atoms with Gasteiger partial charge in [-0.2, -0.15) is 0 Å². The first-order chi connectivity index (χ1) is 13.9. The zero-order valence-electron chi connectivity index (χ0n) is 17.2. The second-order valence-corrected chi connectivity index (χ2v) is 8.47. The van der Waals surface area contributed by atoms with Crippen LogP contribution >= 0.6 is 11.3 Å². The predicted octanol–water partition coefficient (Wildman–Crippen LogP) is 3.43. The second kappa shape index (κ2) is 9.26. The Morgan fingerprint density at radius 1 is 1.07 bits per heavy atom. The van der Waals surface area contributed by atoms with Crippen LogP contribution < -0.4 is 20.1 Å². The van der Waals surface area contributed by atoms with Crippen LogP contribution in [0.5, 0.6) is 11.5 Å². The SMILES string of the molecule is COc1cc(OC)cc(C(=O)N[C@@H](C(=O)Nc2nc3c(s2)CCCC3)C(C)C)c1. The van der Waals surface area contributed by atoms with Crippen molar-refractivity contribution < 1.29 is 19.1 Å². The van der Waals surface area contributed by atoms with Gasteiger partial charge in [0.15, 0.2) is 5.13 Å². The number of amides is 2. The second-order valence-electron chi connectivity index (χ2n) is 7.38. The molecule has 1 aromatic carbocycles. The number of carbonyl (C=O) groups is 2. The van der Waals surface area contributed by atoms with Crippen molar-refractivity contribution in [1.29, 1.82) is 0 Å². The number of aryl methyl sites for hydroxylation is 2. The Balaban J connectivity index is 1.73. The summed E-state index contributed by atoms with van der Waals surface area (Å²) < 4.78 is 10.4. The van der Waals surface area contributed by atoms with Crippen molar-refractivity contribution in [2.45, 2.75) is 45.6 Å². The average molecular weight is 418 g/mol. The van der Waals surface area contributed by atoms with Crippen molar-refractivity contribution in [3.8, 4) is 11.5 Å². The smallest absolute Gasteiger partial charge is 0.252 e. The molecule has 2 aromatic rings. The van der Waals surface area contributed by atoms with Gasteiger partial charge in [0, 0.05) is 16.5 Å². The molecule has 3 rings (SSSR count). The van der Waals surface area contributed by atoms with Gasteiger partial charge in [0.05, 0.1) is 19.9 Å². The first-order valence-electron chi connectivity index (χ1n) is 9.74. The lowest BCUT2D eigenvalue weighted by Crippen LogP contribution is -2.47. The Labute approximate surface area is 174 Å². The fraction of sp³-hybridized carbons (Fsp3) is 0.476. The minimum Gasteiger partial charge on any atom is -0.497 e. The summed E-state index contributed by atoms with van der Waals surface area (Å²) in [5.74, 6) is 0.284. The van der Waals surface area contributed by atoms with Crippen molar-refractivity contribution in [1.82, 2.24) is 10.3 Å². The maximum absolute atomic E-state index is 12.9. The largest absolute Gasteiger partial charge is 0.497 e. The van der Waals surface area contributed by atoms with Gasteiger partial charge >= 0.3 is 0 Å². The van der Waals surface area contributed by atoms with Crippen LogP contribution in [0.4, 0.5) is 5.13 Å². The molecule has 2 N–H and O–H groups in total. The van der Waals surface area contributed by atoms with E-state index in [0.717, 1.165) is 31.4 Å². The number of fused-ring (bicyclic) bond motifs is 1.